The lowest BCUT2D eigenvalue weighted by molar-refractivity contribution is -0.144. The lowest BCUT2D eigenvalue weighted by Crippen LogP contribution is -2.61. The molecule has 0 fully saturated rings. The molecule has 15 nitrogen and oxygen atoms in total. The molecule has 0 saturated carbocycles. The van der Waals surface area contributed by atoms with Gasteiger partial charge in [-0.15, -0.1) is 0 Å². The van der Waals surface area contributed by atoms with Gasteiger partial charge in [0, 0.05) is 46.2 Å². The van der Waals surface area contributed by atoms with Crippen molar-refractivity contribution in [2.45, 2.75) is 75.9 Å². The summed E-state index contributed by atoms with van der Waals surface area (Å²) in [5.41, 5.74) is 13.1. The van der Waals surface area contributed by atoms with Crippen LogP contribution in [0.4, 0.5) is 0 Å². The first-order chi connectivity index (χ1) is 25.4. The molecular formula is C39H47N5O10. The van der Waals surface area contributed by atoms with Crippen molar-refractivity contribution in [2.24, 2.45) is 11.5 Å². The van der Waals surface area contributed by atoms with E-state index in [0.717, 1.165) is 0 Å². The van der Waals surface area contributed by atoms with Crippen LogP contribution in [0.25, 0.3) is 0 Å². The molecule has 0 heterocycles. The molecule has 12 N–H and O–H groups in total. The maximum atomic E-state index is 12.3. The minimum atomic E-state index is -1.13. The van der Waals surface area contributed by atoms with Crippen LogP contribution in [0.5, 0.6) is 0 Å². The Morgan fingerprint density at radius 1 is 0.685 bits per heavy atom. The predicted molar refractivity (Wildman–Crippen MR) is 199 cm³/mol. The SMILES string of the molecule is CC(C)(N)[C@H](NC(=O)c1ccc(C#CC#CCC(O)CO)cc1)C(=O)NO.COC(=O)[C@@H](NC(=O)c1ccc(C#CC#CCC(O)CO)cc1)C(C)(C)N. The van der Waals surface area contributed by atoms with Crippen molar-refractivity contribution < 1.29 is 49.5 Å². The molecule has 0 radical (unpaired) electrons. The number of hydrogen-bond acceptors (Lipinski definition) is 12. The third-order valence-corrected chi connectivity index (χ3v) is 6.95. The zero-order valence-corrected chi connectivity index (χ0v) is 30.7. The molecule has 0 aromatic heterocycles. The molecule has 3 amide bonds. The molecule has 0 bridgehead atoms. The molecule has 0 aliphatic carbocycles. The van der Waals surface area contributed by atoms with E-state index in [1.165, 1.54) is 24.7 Å². The molecule has 0 aliphatic heterocycles. The molecule has 0 aliphatic rings. The lowest BCUT2D eigenvalue weighted by atomic mass is 9.95. The van der Waals surface area contributed by atoms with Gasteiger partial charge in [0.15, 0.2) is 0 Å². The van der Waals surface area contributed by atoms with Gasteiger partial charge in [0.2, 0.25) is 0 Å². The van der Waals surface area contributed by atoms with Gasteiger partial charge in [-0.2, -0.15) is 0 Å². The summed E-state index contributed by atoms with van der Waals surface area (Å²) < 4.78 is 4.69. The number of amides is 3. The number of benzene rings is 2. The zero-order valence-electron chi connectivity index (χ0n) is 30.7. The van der Waals surface area contributed by atoms with Crippen LogP contribution < -0.4 is 27.6 Å². The molecule has 0 saturated heterocycles. The Bertz CT molecular complexity index is 1680. The number of aliphatic hydroxyl groups excluding tert-OH is 4. The fraction of sp³-hybridized carbons (Fsp3) is 0.385. The predicted octanol–water partition coefficient (Wildman–Crippen LogP) is -1.08. The second-order valence-corrected chi connectivity index (χ2v) is 12.8. The van der Waals surface area contributed by atoms with Crippen LogP contribution in [0.1, 0.15) is 72.4 Å². The Morgan fingerprint density at radius 2 is 1.06 bits per heavy atom. The Kier molecular flexibility index (Phi) is 19.8. The highest BCUT2D eigenvalue weighted by Crippen LogP contribution is 2.11. The molecular weight excluding hydrogens is 698 g/mol. The van der Waals surface area contributed by atoms with Gasteiger partial charge in [0.25, 0.3) is 17.7 Å². The van der Waals surface area contributed by atoms with Crippen LogP contribution >= 0.6 is 0 Å². The molecule has 0 spiro atoms. The van der Waals surface area contributed by atoms with E-state index in [4.69, 9.17) is 37.1 Å². The first-order valence-electron chi connectivity index (χ1n) is 16.3. The van der Waals surface area contributed by atoms with Crippen molar-refractivity contribution in [1.29, 1.82) is 0 Å². The molecule has 54 heavy (non-hydrogen) atoms. The Labute approximate surface area is 314 Å². The summed E-state index contributed by atoms with van der Waals surface area (Å²) in [4.78, 5) is 48.2. The minimum Gasteiger partial charge on any atom is -0.467 e. The van der Waals surface area contributed by atoms with Crippen LogP contribution in [-0.4, -0.2) is 105 Å². The van der Waals surface area contributed by atoms with Crippen LogP contribution in [0, 0.1) is 47.4 Å². The van der Waals surface area contributed by atoms with Gasteiger partial charge in [0.1, 0.15) is 12.1 Å². The van der Waals surface area contributed by atoms with Crippen molar-refractivity contribution in [2.75, 3.05) is 20.3 Å². The van der Waals surface area contributed by atoms with Gasteiger partial charge < -0.3 is 47.3 Å². The largest absolute Gasteiger partial charge is 0.467 e. The number of ether oxygens (including phenoxy) is 1. The first-order valence-corrected chi connectivity index (χ1v) is 16.3. The summed E-state index contributed by atoms with van der Waals surface area (Å²) in [7, 11) is 1.23. The molecule has 2 unspecified atom stereocenters. The number of nitrogens with one attached hydrogen (secondary N) is 3. The smallest absolute Gasteiger partial charge is 0.330 e. The molecule has 2 aromatic carbocycles. The monoisotopic (exact) mass is 745 g/mol. The topological polar surface area (TPSA) is 267 Å². The summed E-state index contributed by atoms with van der Waals surface area (Å²) in [6, 6.07) is 10.6. The van der Waals surface area contributed by atoms with Crippen LogP contribution in [0.15, 0.2) is 48.5 Å². The van der Waals surface area contributed by atoms with Gasteiger partial charge in [-0.05, 0) is 99.9 Å². The number of carbonyl (C=O) groups excluding carboxylic acids is 4. The van der Waals surface area contributed by atoms with Gasteiger partial charge in [-0.1, -0.05) is 23.7 Å². The number of methoxy groups -OCH3 is 1. The number of hydrogen-bond donors (Lipinski definition) is 10. The third kappa shape index (κ3) is 17.2. The fourth-order valence-electron chi connectivity index (χ4n) is 3.92. The maximum absolute atomic E-state index is 12.3. The van der Waals surface area contributed by atoms with Crippen molar-refractivity contribution in [3.63, 3.8) is 0 Å². The van der Waals surface area contributed by atoms with E-state index in [9.17, 15) is 19.2 Å². The molecule has 4 atom stereocenters. The van der Waals surface area contributed by atoms with E-state index >= 15 is 0 Å². The number of rotatable bonds is 12. The number of aliphatic hydroxyl groups is 4. The van der Waals surface area contributed by atoms with Gasteiger partial charge in [0.05, 0.1) is 32.5 Å². The van der Waals surface area contributed by atoms with E-state index < -0.39 is 59.1 Å². The fourth-order valence-corrected chi connectivity index (χ4v) is 3.92. The zero-order chi connectivity index (χ0) is 40.9. The Morgan fingerprint density at radius 3 is 1.37 bits per heavy atom. The summed E-state index contributed by atoms with van der Waals surface area (Å²) >= 11 is 0. The normalized spacial score (nSPS) is 12.5. The van der Waals surface area contributed by atoms with E-state index in [-0.39, 0.29) is 31.6 Å². The quantitative estimate of drug-likeness (QED) is 0.0538. The number of carbonyl (C=O) groups is 4. The highest BCUT2D eigenvalue weighted by Gasteiger charge is 2.35. The van der Waals surface area contributed by atoms with E-state index in [1.807, 2.05) is 0 Å². The van der Waals surface area contributed by atoms with E-state index in [2.05, 4.69) is 62.7 Å². The molecule has 2 rings (SSSR count). The van der Waals surface area contributed by atoms with E-state index in [1.54, 1.807) is 64.1 Å². The Hall–Kier alpha value is -5.72. The van der Waals surface area contributed by atoms with Crippen LogP contribution in [-0.2, 0) is 14.3 Å². The first kappa shape index (κ1) is 46.3. The standard InChI is InChI=1S/C20H24N2O5.C19H23N3O5/c1-20(2,21)17(19(26)27-3)22-18(25)15-11-9-14(10-12-15)7-5-4-6-8-16(24)13-23;1-19(2,20)16(18(26)22-27)21-17(25)14-10-8-13(9-11-14)6-4-3-5-7-15(24)12-23/h9-12,16-17,23-24H,8,13,21H2,1-3H3,(H,22,25);8-11,15-16,23-24,27H,7,12,20H2,1-2H3,(H,21,25)(H,22,26)/t16?,17-;15?,16-/m11/s1. The average Bonchev–Trinajstić information content (AvgIpc) is 3.14. The molecule has 288 valence electrons. The average molecular weight is 746 g/mol. The van der Waals surface area contributed by atoms with Crippen molar-refractivity contribution in [1.82, 2.24) is 16.1 Å². The van der Waals surface area contributed by atoms with Crippen molar-refractivity contribution in [3.8, 4) is 47.4 Å². The third-order valence-electron chi connectivity index (χ3n) is 6.95. The molecule has 2 aromatic rings. The van der Waals surface area contributed by atoms with Crippen molar-refractivity contribution >= 4 is 23.7 Å². The highest BCUT2D eigenvalue weighted by molar-refractivity contribution is 5.98. The molecule has 15 heteroatoms. The number of esters is 1. The van der Waals surface area contributed by atoms with E-state index in [0.29, 0.717) is 16.7 Å². The summed E-state index contributed by atoms with van der Waals surface area (Å²) in [5, 5.41) is 49.5. The van der Waals surface area contributed by atoms with Gasteiger partial charge in [-0.3, -0.25) is 19.6 Å². The summed E-state index contributed by atoms with van der Waals surface area (Å²) in [6.45, 7) is 5.64. The maximum Gasteiger partial charge on any atom is 0.330 e. The second kappa shape index (κ2) is 23.1. The Balaban J connectivity index is 0.000000540. The summed E-state index contributed by atoms with van der Waals surface area (Å²) in [5.74, 6) is 18.8. The van der Waals surface area contributed by atoms with Gasteiger partial charge >= 0.3 is 5.97 Å². The van der Waals surface area contributed by atoms with Crippen molar-refractivity contribution in [3.05, 3.63) is 70.8 Å². The van der Waals surface area contributed by atoms with Crippen LogP contribution in [0.2, 0.25) is 0 Å². The minimum absolute atomic E-state index is 0.129. The summed E-state index contributed by atoms with van der Waals surface area (Å²) in [6.07, 6.45) is -1.48. The highest BCUT2D eigenvalue weighted by atomic mass is 16.5. The number of nitrogens with two attached hydrogens (primary N) is 2. The second-order valence-electron chi connectivity index (χ2n) is 12.8. The van der Waals surface area contributed by atoms with Crippen LogP contribution in [0.3, 0.4) is 0 Å². The van der Waals surface area contributed by atoms with Gasteiger partial charge in [-0.25, -0.2) is 10.3 Å². The lowest BCUT2D eigenvalue weighted by Gasteiger charge is -2.29. The number of hydroxylamine groups is 1.